The number of hydrogen-bond donors (Lipinski definition) is 3. The molecule has 1 saturated heterocycles. The molecule has 1 aromatic carbocycles. The first kappa shape index (κ1) is 24.1. The number of rotatable bonds is 6. The quantitative estimate of drug-likeness (QED) is 0.352. The summed E-state index contributed by atoms with van der Waals surface area (Å²) in [5.41, 5.74) is 8.74. The molecule has 37 heavy (non-hydrogen) atoms. The van der Waals surface area contributed by atoms with Crippen molar-refractivity contribution in [1.29, 1.82) is 0 Å². The molecule has 0 spiro atoms. The molecule has 0 radical (unpaired) electrons. The van der Waals surface area contributed by atoms with Crippen LogP contribution in [0.4, 0.5) is 11.5 Å². The zero-order valence-electron chi connectivity index (χ0n) is 21.0. The smallest absolute Gasteiger partial charge is 0.226 e. The maximum absolute atomic E-state index is 13.3. The zero-order valence-corrected chi connectivity index (χ0v) is 21.8. The minimum absolute atomic E-state index is 0.00766. The Morgan fingerprint density at radius 3 is 3.14 bits per heavy atom. The number of nitrogens with zero attached hydrogens (tertiary/aromatic N) is 4. The lowest BCUT2D eigenvalue weighted by atomic mass is 9.86. The van der Waals surface area contributed by atoms with E-state index in [4.69, 9.17) is 15.2 Å². The normalized spacial score (nSPS) is 20.7. The van der Waals surface area contributed by atoms with Crippen molar-refractivity contribution in [1.82, 2.24) is 25.1 Å². The number of carbonyl (C=O) groups excluding carboxylic acids is 1. The first-order valence-electron chi connectivity index (χ1n) is 12.8. The molecule has 4 aromatic rings. The van der Waals surface area contributed by atoms with Gasteiger partial charge in [-0.25, -0.2) is 9.97 Å². The third kappa shape index (κ3) is 4.51. The van der Waals surface area contributed by atoms with Gasteiger partial charge >= 0.3 is 0 Å². The number of nitrogens with one attached hydrogen (secondary N) is 2. The van der Waals surface area contributed by atoms with Crippen molar-refractivity contribution < 1.29 is 14.3 Å². The van der Waals surface area contributed by atoms with Crippen LogP contribution in [0.3, 0.4) is 0 Å². The van der Waals surface area contributed by atoms with E-state index in [9.17, 15) is 4.79 Å². The van der Waals surface area contributed by atoms with E-state index in [0.29, 0.717) is 32.1 Å². The van der Waals surface area contributed by atoms with Crippen LogP contribution >= 0.6 is 11.3 Å². The summed E-state index contributed by atoms with van der Waals surface area (Å²) in [7, 11) is 0. The average molecular weight is 522 g/mol. The molecule has 0 bridgehead atoms. The Morgan fingerprint density at radius 2 is 2.30 bits per heavy atom. The number of fused-ring (bicyclic) bond motifs is 4. The highest BCUT2D eigenvalue weighted by Crippen LogP contribution is 2.42. The van der Waals surface area contributed by atoms with E-state index in [0.717, 1.165) is 51.9 Å². The minimum atomic E-state index is -0.149. The molecule has 11 heteroatoms. The number of nitrogens with two attached hydrogens (primary N) is 1. The highest BCUT2D eigenvalue weighted by atomic mass is 32.1. The van der Waals surface area contributed by atoms with Crippen LogP contribution in [0.5, 0.6) is 5.75 Å². The molecule has 1 aliphatic heterocycles. The van der Waals surface area contributed by atoms with E-state index in [1.165, 1.54) is 10.4 Å². The number of aromatic amines is 1. The molecule has 4 heterocycles. The number of aryl methyl sites for hydroxylation is 1. The predicted octanol–water partition coefficient (Wildman–Crippen LogP) is 3.39. The molecule has 1 aliphatic carbocycles. The average Bonchev–Trinajstić information content (AvgIpc) is 3.52. The molecule has 194 valence electrons. The van der Waals surface area contributed by atoms with Gasteiger partial charge in [-0.2, -0.15) is 5.10 Å². The van der Waals surface area contributed by atoms with Gasteiger partial charge in [0.05, 0.1) is 42.0 Å². The molecule has 0 unspecified atom stereocenters. The largest absolute Gasteiger partial charge is 0.487 e. The van der Waals surface area contributed by atoms with Crippen molar-refractivity contribution in [2.75, 3.05) is 31.6 Å². The number of hydrogen-bond acceptors (Lipinski definition) is 9. The molecule has 3 atom stereocenters. The molecule has 4 N–H and O–H groups in total. The fourth-order valence-corrected chi connectivity index (χ4v) is 6.53. The van der Waals surface area contributed by atoms with Gasteiger partial charge in [-0.3, -0.25) is 9.89 Å². The summed E-state index contributed by atoms with van der Waals surface area (Å²) in [5, 5.41) is 12.7. The Kier molecular flexibility index (Phi) is 6.43. The standard InChI is InChI=1S/C26H31N7O3S/c1-14-12-35-6-5-33(14)26(34)16-3-4-18-22(8-16)37-25-23(18)24(28-13-29-25)31-20-7-17-11-30-32-19(17)9-21(20)36-15(2)10-27/h7,9,11,13-16H,3-6,8,10,12,27H2,1-2H3,(H,30,32)(H,28,29,31)/t14-,15-,16+/m1/s1. The molecular weight excluding hydrogens is 490 g/mol. The Bertz CT molecular complexity index is 1450. The highest BCUT2D eigenvalue weighted by molar-refractivity contribution is 7.19. The summed E-state index contributed by atoms with van der Waals surface area (Å²) in [6.45, 7) is 6.29. The number of carbonyl (C=O) groups is 1. The lowest BCUT2D eigenvalue weighted by molar-refractivity contribution is -0.143. The number of thiophene rings is 1. The maximum Gasteiger partial charge on any atom is 0.226 e. The Balaban J connectivity index is 1.32. The summed E-state index contributed by atoms with van der Waals surface area (Å²) in [5.74, 6) is 1.65. The number of anilines is 2. The minimum Gasteiger partial charge on any atom is -0.487 e. The van der Waals surface area contributed by atoms with Gasteiger partial charge in [0.1, 0.15) is 28.8 Å². The van der Waals surface area contributed by atoms with Gasteiger partial charge in [0.2, 0.25) is 5.91 Å². The van der Waals surface area contributed by atoms with Crippen molar-refractivity contribution in [3.8, 4) is 5.75 Å². The van der Waals surface area contributed by atoms with Crippen molar-refractivity contribution in [3.05, 3.63) is 35.1 Å². The van der Waals surface area contributed by atoms with Crippen LogP contribution in [0.2, 0.25) is 0 Å². The molecular formula is C26H31N7O3S. The van der Waals surface area contributed by atoms with Gasteiger partial charge in [-0.1, -0.05) is 0 Å². The first-order chi connectivity index (χ1) is 18.0. The zero-order chi connectivity index (χ0) is 25.5. The molecule has 2 aliphatic rings. The van der Waals surface area contributed by atoms with Crippen LogP contribution in [0.15, 0.2) is 24.7 Å². The van der Waals surface area contributed by atoms with Crippen molar-refractivity contribution >= 4 is 49.9 Å². The SMILES string of the molecule is C[C@H](CN)Oc1cc2[nH]ncc2cc1Nc1ncnc2sc3c(c12)CC[C@H](C(=O)N1CCOC[C@H]1C)C3. The number of ether oxygens (including phenoxy) is 2. The number of H-pyrrole nitrogens is 1. The van der Waals surface area contributed by atoms with Gasteiger partial charge < -0.3 is 25.4 Å². The molecule has 10 nitrogen and oxygen atoms in total. The Hall–Kier alpha value is -3.28. The first-order valence-corrected chi connectivity index (χ1v) is 13.6. The third-order valence-corrected chi connectivity index (χ3v) is 8.46. The van der Waals surface area contributed by atoms with Gasteiger partial charge in [-0.15, -0.1) is 11.3 Å². The van der Waals surface area contributed by atoms with Crippen molar-refractivity contribution in [2.45, 2.75) is 45.3 Å². The van der Waals surface area contributed by atoms with E-state index < -0.39 is 0 Å². The lowest BCUT2D eigenvalue weighted by Crippen LogP contribution is -2.50. The van der Waals surface area contributed by atoms with Crippen molar-refractivity contribution in [3.63, 3.8) is 0 Å². The van der Waals surface area contributed by atoms with Gasteiger partial charge in [0.15, 0.2) is 0 Å². The third-order valence-electron chi connectivity index (χ3n) is 7.30. The van der Waals surface area contributed by atoms with E-state index >= 15 is 0 Å². The van der Waals surface area contributed by atoms with Crippen LogP contribution in [0.25, 0.3) is 21.1 Å². The summed E-state index contributed by atoms with van der Waals surface area (Å²) in [6.07, 6.45) is 5.60. The maximum atomic E-state index is 13.3. The molecule has 1 amide bonds. The summed E-state index contributed by atoms with van der Waals surface area (Å²) >= 11 is 1.67. The van der Waals surface area contributed by atoms with E-state index in [1.807, 2.05) is 24.0 Å². The second-order valence-electron chi connectivity index (χ2n) is 9.90. The van der Waals surface area contributed by atoms with E-state index in [2.05, 4.69) is 32.4 Å². The van der Waals surface area contributed by atoms with Crippen LogP contribution in [-0.2, 0) is 22.4 Å². The predicted molar refractivity (Wildman–Crippen MR) is 143 cm³/mol. The van der Waals surface area contributed by atoms with Crippen LogP contribution < -0.4 is 15.8 Å². The number of morpholine rings is 1. The van der Waals surface area contributed by atoms with Gasteiger partial charge in [0, 0.05) is 35.3 Å². The van der Waals surface area contributed by atoms with Crippen LogP contribution in [0.1, 0.15) is 30.7 Å². The second kappa shape index (κ2) is 9.88. The highest BCUT2D eigenvalue weighted by Gasteiger charge is 2.34. The van der Waals surface area contributed by atoms with Crippen molar-refractivity contribution in [2.24, 2.45) is 11.7 Å². The fraction of sp³-hybridized carbons (Fsp3) is 0.462. The Morgan fingerprint density at radius 1 is 1.41 bits per heavy atom. The van der Waals surface area contributed by atoms with E-state index in [1.54, 1.807) is 23.9 Å². The van der Waals surface area contributed by atoms with Crippen LogP contribution in [-0.4, -0.2) is 69.4 Å². The summed E-state index contributed by atoms with van der Waals surface area (Å²) < 4.78 is 11.7. The molecule has 3 aromatic heterocycles. The second-order valence-corrected chi connectivity index (χ2v) is 11.0. The van der Waals surface area contributed by atoms with Crippen LogP contribution in [0, 0.1) is 5.92 Å². The monoisotopic (exact) mass is 521 g/mol. The number of amides is 1. The molecule has 0 saturated carbocycles. The van der Waals surface area contributed by atoms with Gasteiger partial charge in [0.25, 0.3) is 0 Å². The van der Waals surface area contributed by atoms with Gasteiger partial charge in [-0.05, 0) is 44.7 Å². The summed E-state index contributed by atoms with van der Waals surface area (Å²) in [4.78, 5) is 26.7. The molecule has 1 fully saturated rings. The fourth-order valence-electron chi connectivity index (χ4n) is 5.26. The topological polar surface area (TPSA) is 131 Å². The Labute approximate surface area is 218 Å². The lowest BCUT2D eigenvalue weighted by Gasteiger charge is -2.36. The molecule has 6 rings (SSSR count). The summed E-state index contributed by atoms with van der Waals surface area (Å²) in [6, 6.07) is 4.06. The number of benzene rings is 1. The van der Waals surface area contributed by atoms with E-state index in [-0.39, 0.29) is 24.0 Å². The number of aromatic nitrogens is 4.